The Morgan fingerprint density at radius 3 is 2.53 bits per heavy atom. The SMILES string of the molecule is CC(C)C1c2ccccc2Oc2c(CO)cccc21. The molecule has 2 heteroatoms. The lowest BCUT2D eigenvalue weighted by Gasteiger charge is -2.31. The molecule has 98 valence electrons. The summed E-state index contributed by atoms with van der Waals surface area (Å²) in [4.78, 5) is 0. The lowest BCUT2D eigenvalue weighted by Crippen LogP contribution is -2.16. The fraction of sp³-hybridized carbons (Fsp3) is 0.294. The van der Waals surface area contributed by atoms with E-state index in [2.05, 4.69) is 32.0 Å². The molecular weight excluding hydrogens is 236 g/mol. The molecule has 1 atom stereocenters. The normalized spacial score (nSPS) is 16.7. The van der Waals surface area contributed by atoms with Crippen molar-refractivity contribution in [2.75, 3.05) is 0 Å². The Labute approximate surface area is 113 Å². The van der Waals surface area contributed by atoms with Crippen LogP contribution >= 0.6 is 0 Å². The smallest absolute Gasteiger partial charge is 0.136 e. The summed E-state index contributed by atoms with van der Waals surface area (Å²) in [5, 5.41) is 9.49. The standard InChI is InChI=1S/C17H18O2/c1-11(2)16-13-7-3-4-9-15(13)19-17-12(10-18)6-5-8-14(16)17/h3-9,11,16,18H,10H2,1-2H3. The molecule has 0 bridgehead atoms. The molecule has 0 aliphatic carbocycles. The van der Waals surface area contributed by atoms with E-state index in [0.717, 1.165) is 17.1 Å². The first kappa shape index (κ1) is 12.2. The number of hydrogen-bond acceptors (Lipinski definition) is 2. The van der Waals surface area contributed by atoms with Gasteiger partial charge in [-0.3, -0.25) is 0 Å². The van der Waals surface area contributed by atoms with Crippen LogP contribution in [-0.4, -0.2) is 5.11 Å². The number of aliphatic hydroxyl groups is 1. The van der Waals surface area contributed by atoms with Crippen molar-refractivity contribution in [1.82, 2.24) is 0 Å². The molecule has 0 amide bonds. The molecule has 0 radical (unpaired) electrons. The van der Waals surface area contributed by atoms with Crippen molar-refractivity contribution in [3.8, 4) is 11.5 Å². The van der Waals surface area contributed by atoms with Gasteiger partial charge in [0.2, 0.25) is 0 Å². The molecule has 2 nitrogen and oxygen atoms in total. The lowest BCUT2D eigenvalue weighted by atomic mass is 9.80. The number of fused-ring (bicyclic) bond motifs is 2. The zero-order chi connectivity index (χ0) is 13.4. The van der Waals surface area contributed by atoms with E-state index in [4.69, 9.17) is 4.74 Å². The van der Waals surface area contributed by atoms with Crippen molar-refractivity contribution in [2.24, 2.45) is 5.92 Å². The van der Waals surface area contributed by atoms with Gasteiger partial charge in [0, 0.05) is 22.6 Å². The third-order valence-electron chi connectivity index (χ3n) is 3.77. The van der Waals surface area contributed by atoms with E-state index >= 15 is 0 Å². The highest BCUT2D eigenvalue weighted by atomic mass is 16.5. The molecular formula is C17H18O2. The second-order valence-corrected chi connectivity index (χ2v) is 5.36. The van der Waals surface area contributed by atoms with E-state index in [1.54, 1.807) is 0 Å². The van der Waals surface area contributed by atoms with Crippen molar-refractivity contribution in [3.63, 3.8) is 0 Å². The monoisotopic (exact) mass is 254 g/mol. The van der Waals surface area contributed by atoms with Crippen molar-refractivity contribution in [2.45, 2.75) is 26.4 Å². The van der Waals surface area contributed by atoms with Gasteiger partial charge >= 0.3 is 0 Å². The van der Waals surface area contributed by atoms with E-state index in [0.29, 0.717) is 11.8 Å². The van der Waals surface area contributed by atoms with Gasteiger partial charge < -0.3 is 9.84 Å². The van der Waals surface area contributed by atoms with E-state index < -0.39 is 0 Å². The van der Waals surface area contributed by atoms with Gasteiger partial charge in [-0.1, -0.05) is 50.2 Å². The van der Waals surface area contributed by atoms with Crippen molar-refractivity contribution >= 4 is 0 Å². The van der Waals surface area contributed by atoms with Crippen LogP contribution in [0.2, 0.25) is 0 Å². The van der Waals surface area contributed by atoms with Gasteiger partial charge in [-0.2, -0.15) is 0 Å². The maximum Gasteiger partial charge on any atom is 0.136 e. The summed E-state index contributed by atoms with van der Waals surface area (Å²) < 4.78 is 6.02. The zero-order valence-corrected chi connectivity index (χ0v) is 11.3. The second kappa shape index (κ2) is 4.71. The molecule has 0 spiro atoms. The molecule has 1 aliphatic heterocycles. The van der Waals surface area contributed by atoms with Crippen LogP contribution in [0.3, 0.4) is 0 Å². The Kier molecular flexibility index (Phi) is 3.03. The van der Waals surface area contributed by atoms with Crippen LogP contribution in [0.1, 0.15) is 36.5 Å². The Hall–Kier alpha value is -1.80. The largest absolute Gasteiger partial charge is 0.456 e. The highest BCUT2D eigenvalue weighted by molar-refractivity contribution is 5.56. The highest BCUT2D eigenvalue weighted by Gasteiger charge is 2.30. The van der Waals surface area contributed by atoms with E-state index in [1.807, 2.05) is 24.3 Å². The topological polar surface area (TPSA) is 29.5 Å². The third-order valence-corrected chi connectivity index (χ3v) is 3.77. The maximum absolute atomic E-state index is 9.49. The predicted octanol–water partition coefficient (Wildman–Crippen LogP) is 4.07. The molecule has 0 saturated heterocycles. The molecule has 2 aromatic rings. The summed E-state index contributed by atoms with van der Waals surface area (Å²) in [6.07, 6.45) is 0. The first-order valence-electron chi connectivity index (χ1n) is 6.71. The van der Waals surface area contributed by atoms with Gasteiger partial charge in [0.1, 0.15) is 11.5 Å². The van der Waals surface area contributed by atoms with Gasteiger partial charge in [0.15, 0.2) is 0 Å². The van der Waals surface area contributed by atoms with Crippen LogP contribution in [0, 0.1) is 5.92 Å². The van der Waals surface area contributed by atoms with E-state index in [-0.39, 0.29) is 6.61 Å². The number of aliphatic hydroxyl groups excluding tert-OH is 1. The quantitative estimate of drug-likeness (QED) is 0.875. The first-order chi connectivity index (χ1) is 9.22. The summed E-state index contributed by atoms with van der Waals surface area (Å²) in [5.41, 5.74) is 3.28. The first-order valence-corrected chi connectivity index (χ1v) is 6.71. The zero-order valence-electron chi connectivity index (χ0n) is 11.3. The van der Waals surface area contributed by atoms with Crippen molar-refractivity contribution in [1.29, 1.82) is 0 Å². The van der Waals surface area contributed by atoms with Crippen LogP contribution < -0.4 is 4.74 Å². The number of benzene rings is 2. The van der Waals surface area contributed by atoms with Crippen LogP contribution in [0.25, 0.3) is 0 Å². The molecule has 1 aliphatic rings. The summed E-state index contributed by atoms with van der Waals surface area (Å²) in [6.45, 7) is 4.46. The van der Waals surface area contributed by atoms with Crippen LogP contribution in [0.5, 0.6) is 11.5 Å². The molecule has 1 heterocycles. The molecule has 2 aromatic carbocycles. The van der Waals surface area contributed by atoms with Crippen molar-refractivity contribution < 1.29 is 9.84 Å². The van der Waals surface area contributed by atoms with Gasteiger partial charge in [-0.25, -0.2) is 0 Å². The summed E-state index contributed by atoms with van der Waals surface area (Å²) >= 11 is 0. The molecule has 3 rings (SSSR count). The fourth-order valence-corrected chi connectivity index (χ4v) is 2.92. The Morgan fingerprint density at radius 1 is 1.05 bits per heavy atom. The second-order valence-electron chi connectivity index (χ2n) is 5.36. The van der Waals surface area contributed by atoms with Crippen LogP contribution in [0.4, 0.5) is 0 Å². The number of hydrogen-bond donors (Lipinski definition) is 1. The Morgan fingerprint density at radius 2 is 1.79 bits per heavy atom. The lowest BCUT2D eigenvalue weighted by molar-refractivity contribution is 0.274. The number of para-hydroxylation sites is 2. The van der Waals surface area contributed by atoms with Gasteiger partial charge in [-0.15, -0.1) is 0 Å². The number of rotatable bonds is 2. The van der Waals surface area contributed by atoms with Gasteiger partial charge in [0.25, 0.3) is 0 Å². The van der Waals surface area contributed by atoms with Crippen LogP contribution in [-0.2, 0) is 6.61 Å². The average molecular weight is 254 g/mol. The van der Waals surface area contributed by atoms with E-state index in [9.17, 15) is 5.11 Å². The summed E-state index contributed by atoms with van der Waals surface area (Å²) in [6, 6.07) is 14.2. The molecule has 0 saturated carbocycles. The van der Waals surface area contributed by atoms with E-state index in [1.165, 1.54) is 11.1 Å². The predicted molar refractivity (Wildman–Crippen MR) is 75.6 cm³/mol. The Bertz CT molecular complexity index is 602. The summed E-state index contributed by atoms with van der Waals surface area (Å²) in [5.74, 6) is 2.56. The Balaban J connectivity index is 2.22. The molecule has 1 N–H and O–H groups in total. The fourth-order valence-electron chi connectivity index (χ4n) is 2.92. The molecule has 0 aromatic heterocycles. The third kappa shape index (κ3) is 1.92. The number of ether oxygens (including phenoxy) is 1. The average Bonchev–Trinajstić information content (AvgIpc) is 2.43. The van der Waals surface area contributed by atoms with Gasteiger partial charge in [-0.05, 0) is 12.0 Å². The minimum atomic E-state index is 0.0101. The maximum atomic E-state index is 9.49. The summed E-state index contributed by atoms with van der Waals surface area (Å²) in [7, 11) is 0. The molecule has 19 heavy (non-hydrogen) atoms. The minimum absolute atomic E-state index is 0.0101. The molecule has 1 unspecified atom stereocenters. The van der Waals surface area contributed by atoms with Crippen molar-refractivity contribution in [3.05, 3.63) is 59.2 Å². The highest BCUT2D eigenvalue weighted by Crippen LogP contribution is 2.48. The van der Waals surface area contributed by atoms with Crippen LogP contribution in [0.15, 0.2) is 42.5 Å². The van der Waals surface area contributed by atoms with Gasteiger partial charge in [0.05, 0.1) is 6.61 Å². The minimum Gasteiger partial charge on any atom is -0.456 e. The molecule has 0 fully saturated rings.